The molecule has 0 aliphatic rings. The van der Waals surface area contributed by atoms with Crippen LogP contribution in [0.15, 0.2) is 64.1 Å². The number of halogens is 4. The fraction of sp³-hybridized carbons (Fsp3) is 0.150. The van der Waals surface area contributed by atoms with Crippen molar-refractivity contribution in [2.75, 3.05) is 0 Å². The Hall–Kier alpha value is -2.34. The van der Waals surface area contributed by atoms with Gasteiger partial charge in [0.25, 0.3) is 0 Å². The molecule has 0 fully saturated rings. The highest BCUT2D eigenvalue weighted by atomic mass is 79.9. The number of rotatable bonds is 2. The zero-order valence-electron chi connectivity index (χ0n) is 14.1. The summed E-state index contributed by atoms with van der Waals surface area (Å²) in [6, 6.07) is 10.4. The standard InChI is InChI=1S/C20H15BrF3NO/c1-12-6-7-15(18(21)8-12)17-11-25(2)10-16(19(17)26)13-4-3-5-14(9-13)20(22,23)24/h3-11H,1-2H3. The minimum atomic E-state index is -4.46. The van der Waals surface area contributed by atoms with E-state index in [0.29, 0.717) is 11.1 Å². The summed E-state index contributed by atoms with van der Waals surface area (Å²) >= 11 is 3.46. The summed E-state index contributed by atoms with van der Waals surface area (Å²) in [7, 11) is 1.74. The Kier molecular flexibility index (Phi) is 4.80. The summed E-state index contributed by atoms with van der Waals surface area (Å²) < 4.78 is 41.5. The predicted octanol–water partition coefficient (Wildman–Crippen LogP) is 5.81. The minimum absolute atomic E-state index is 0.226. The second-order valence-electron chi connectivity index (χ2n) is 6.14. The van der Waals surface area contributed by atoms with E-state index in [9.17, 15) is 18.0 Å². The number of alkyl halides is 3. The molecule has 1 aromatic heterocycles. The Balaban J connectivity index is 2.22. The van der Waals surface area contributed by atoms with Gasteiger partial charge in [-0.2, -0.15) is 13.2 Å². The molecule has 0 radical (unpaired) electrons. The SMILES string of the molecule is Cc1ccc(-c2cn(C)cc(-c3cccc(C(F)(F)F)c3)c2=O)c(Br)c1. The van der Waals surface area contributed by atoms with Crippen LogP contribution in [0.5, 0.6) is 0 Å². The van der Waals surface area contributed by atoms with Crippen LogP contribution in [0.25, 0.3) is 22.3 Å². The van der Waals surface area contributed by atoms with Crippen molar-refractivity contribution in [1.82, 2.24) is 4.57 Å². The highest BCUT2D eigenvalue weighted by Gasteiger charge is 2.30. The number of aromatic nitrogens is 1. The lowest BCUT2D eigenvalue weighted by atomic mass is 9.99. The van der Waals surface area contributed by atoms with Crippen molar-refractivity contribution >= 4 is 15.9 Å². The molecular formula is C20H15BrF3NO. The summed E-state index contributed by atoms with van der Waals surface area (Å²) in [5.74, 6) is 0. The smallest absolute Gasteiger partial charge is 0.356 e. The molecular weight excluding hydrogens is 407 g/mol. The van der Waals surface area contributed by atoms with E-state index >= 15 is 0 Å². The number of pyridine rings is 1. The van der Waals surface area contributed by atoms with Gasteiger partial charge >= 0.3 is 6.18 Å². The quantitative estimate of drug-likeness (QED) is 0.511. The lowest BCUT2D eigenvalue weighted by Crippen LogP contribution is -2.12. The Labute approximate surface area is 157 Å². The first-order valence-corrected chi connectivity index (χ1v) is 8.60. The van der Waals surface area contributed by atoms with Crippen LogP contribution in [-0.4, -0.2) is 4.57 Å². The Morgan fingerprint density at radius 2 is 1.65 bits per heavy atom. The minimum Gasteiger partial charge on any atom is -0.356 e. The highest BCUT2D eigenvalue weighted by Crippen LogP contribution is 2.32. The van der Waals surface area contributed by atoms with Crippen LogP contribution in [0.3, 0.4) is 0 Å². The van der Waals surface area contributed by atoms with Gasteiger partial charge in [0.1, 0.15) is 0 Å². The Bertz CT molecular complexity index is 1040. The second kappa shape index (κ2) is 6.76. The van der Waals surface area contributed by atoms with E-state index in [1.165, 1.54) is 12.1 Å². The van der Waals surface area contributed by atoms with Gasteiger partial charge in [0.05, 0.1) is 5.56 Å². The van der Waals surface area contributed by atoms with E-state index in [2.05, 4.69) is 15.9 Å². The van der Waals surface area contributed by atoms with Crippen molar-refractivity contribution in [3.63, 3.8) is 0 Å². The summed E-state index contributed by atoms with van der Waals surface area (Å²) in [6.45, 7) is 1.94. The third kappa shape index (κ3) is 3.60. The predicted molar refractivity (Wildman–Crippen MR) is 100.0 cm³/mol. The second-order valence-corrected chi connectivity index (χ2v) is 7.00. The first-order chi connectivity index (χ1) is 12.2. The van der Waals surface area contributed by atoms with Crippen molar-refractivity contribution in [3.8, 4) is 22.3 Å². The van der Waals surface area contributed by atoms with Crippen LogP contribution in [0.4, 0.5) is 13.2 Å². The summed E-state index contributed by atoms with van der Waals surface area (Å²) in [6.07, 6.45) is -1.24. The Morgan fingerprint density at radius 1 is 0.962 bits per heavy atom. The van der Waals surface area contributed by atoms with E-state index in [4.69, 9.17) is 0 Å². The van der Waals surface area contributed by atoms with E-state index in [1.807, 2.05) is 25.1 Å². The maximum atomic E-state index is 13.0. The van der Waals surface area contributed by atoms with Crippen molar-refractivity contribution < 1.29 is 13.2 Å². The molecule has 0 unspecified atom stereocenters. The van der Waals surface area contributed by atoms with Crippen LogP contribution < -0.4 is 5.43 Å². The van der Waals surface area contributed by atoms with Gasteiger partial charge in [0.15, 0.2) is 5.43 Å². The molecule has 0 atom stereocenters. The molecule has 0 saturated carbocycles. The summed E-state index contributed by atoms with van der Waals surface area (Å²) in [4.78, 5) is 13.0. The number of nitrogens with zero attached hydrogens (tertiary/aromatic N) is 1. The van der Waals surface area contributed by atoms with Gasteiger partial charge in [-0.1, -0.05) is 40.2 Å². The van der Waals surface area contributed by atoms with E-state index in [0.717, 1.165) is 22.2 Å². The first-order valence-electron chi connectivity index (χ1n) is 7.81. The molecule has 0 saturated heterocycles. The molecule has 0 aliphatic carbocycles. The molecule has 26 heavy (non-hydrogen) atoms. The number of aryl methyl sites for hydroxylation is 2. The van der Waals surface area contributed by atoms with Gasteiger partial charge in [0, 0.05) is 40.6 Å². The van der Waals surface area contributed by atoms with Crippen molar-refractivity contribution in [2.45, 2.75) is 13.1 Å². The Morgan fingerprint density at radius 3 is 2.31 bits per heavy atom. The third-order valence-electron chi connectivity index (χ3n) is 4.07. The maximum Gasteiger partial charge on any atom is 0.416 e. The van der Waals surface area contributed by atoms with Crippen molar-refractivity contribution in [2.24, 2.45) is 7.05 Å². The molecule has 0 aliphatic heterocycles. The topological polar surface area (TPSA) is 22.0 Å². The molecule has 2 nitrogen and oxygen atoms in total. The molecule has 3 rings (SSSR count). The van der Waals surface area contributed by atoms with Crippen LogP contribution in [0, 0.1) is 6.92 Å². The van der Waals surface area contributed by atoms with Crippen molar-refractivity contribution in [1.29, 1.82) is 0 Å². The summed E-state index contributed by atoms with van der Waals surface area (Å²) in [5.41, 5.74) is 1.53. The van der Waals surface area contributed by atoms with Crippen LogP contribution in [-0.2, 0) is 13.2 Å². The number of benzene rings is 2. The number of hydrogen-bond donors (Lipinski definition) is 0. The third-order valence-corrected chi connectivity index (χ3v) is 4.73. The van der Waals surface area contributed by atoms with Gasteiger partial charge in [-0.3, -0.25) is 4.79 Å². The summed E-state index contributed by atoms with van der Waals surface area (Å²) in [5, 5.41) is 0. The highest BCUT2D eigenvalue weighted by molar-refractivity contribution is 9.10. The van der Waals surface area contributed by atoms with Gasteiger partial charge in [-0.25, -0.2) is 0 Å². The first kappa shape index (κ1) is 18.5. The van der Waals surface area contributed by atoms with Crippen LogP contribution >= 0.6 is 15.9 Å². The molecule has 0 N–H and O–H groups in total. The average Bonchev–Trinajstić information content (AvgIpc) is 2.56. The lowest BCUT2D eigenvalue weighted by molar-refractivity contribution is -0.137. The van der Waals surface area contributed by atoms with E-state index in [1.54, 1.807) is 24.0 Å². The fourth-order valence-electron chi connectivity index (χ4n) is 2.81. The van der Waals surface area contributed by atoms with Gasteiger partial charge in [-0.05, 0) is 36.2 Å². The molecule has 0 amide bonds. The maximum absolute atomic E-state index is 13.0. The largest absolute Gasteiger partial charge is 0.416 e. The lowest BCUT2D eigenvalue weighted by Gasteiger charge is -2.12. The molecule has 134 valence electrons. The van der Waals surface area contributed by atoms with Gasteiger partial charge < -0.3 is 4.57 Å². The average molecular weight is 422 g/mol. The normalized spacial score (nSPS) is 11.6. The number of hydrogen-bond acceptors (Lipinski definition) is 1. The molecule has 1 heterocycles. The zero-order valence-corrected chi connectivity index (χ0v) is 15.6. The molecule has 3 aromatic rings. The zero-order chi connectivity index (χ0) is 19.1. The molecule has 0 spiro atoms. The van der Waals surface area contributed by atoms with E-state index < -0.39 is 11.7 Å². The van der Waals surface area contributed by atoms with Gasteiger partial charge in [-0.15, -0.1) is 0 Å². The van der Waals surface area contributed by atoms with Crippen molar-refractivity contribution in [3.05, 3.63) is 80.7 Å². The monoisotopic (exact) mass is 421 g/mol. The molecule has 2 aromatic carbocycles. The molecule has 6 heteroatoms. The van der Waals surface area contributed by atoms with Crippen LogP contribution in [0.2, 0.25) is 0 Å². The van der Waals surface area contributed by atoms with Crippen LogP contribution in [0.1, 0.15) is 11.1 Å². The fourth-order valence-corrected chi connectivity index (χ4v) is 3.51. The van der Waals surface area contributed by atoms with E-state index in [-0.39, 0.29) is 16.6 Å². The van der Waals surface area contributed by atoms with Gasteiger partial charge in [0.2, 0.25) is 0 Å². The molecule has 0 bridgehead atoms.